The van der Waals surface area contributed by atoms with Gasteiger partial charge in [0.25, 0.3) is 0 Å². The predicted molar refractivity (Wildman–Crippen MR) is 145 cm³/mol. The van der Waals surface area contributed by atoms with Crippen LogP contribution in [0.3, 0.4) is 0 Å². The third-order valence-corrected chi connectivity index (χ3v) is 7.27. The largest absolute Gasteiger partial charge is 0.465 e. The molecule has 0 radical (unpaired) electrons. The Balaban J connectivity index is 1.32. The number of amides is 1. The van der Waals surface area contributed by atoms with Gasteiger partial charge in [-0.05, 0) is 30.5 Å². The summed E-state index contributed by atoms with van der Waals surface area (Å²) in [7, 11) is 0. The zero-order chi connectivity index (χ0) is 25.9. The van der Waals surface area contributed by atoms with Gasteiger partial charge in [-0.3, -0.25) is 10.2 Å². The fourth-order valence-corrected chi connectivity index (χ4v) is 5.35. The van der Waals surface area contributed by atoms with Gasteiger partial charge in [0, 0.05) is 44.0 Å². The van der Waals surface area contributed by atoms with Crippen LogP contribution in [0, 0.1) is 0 Å². The molecule has 0 atom stereocenters. The van der Waals surface area contributed by atoms with E-state index in [0.717, 1.165) is 68.0 Å². The van der Waals surface area contributed by atoms with Crippen LogP contribution < -0.4 is 10.2 Å². The summed E-state index contributed by atoms with van der Waals surface area (Å²) in [6, 6.07) is 18.0. The number of aromatic nitrogens is 4. The van der Waals surface area contributed by atoms with Crippen LogP contribution in [0.2, 0.25) is 0 Å². The van der Waals surface area contributed by atoms with Crippen LogP contribution in [-0.2, 0) is 11.3 Å². The second-order valence-corrected chi connectivity index (χ2v) is 9.80. The van der Waals surface area contributed by atoms with Gasteiger partial charge in [0.2, 0.25) is 0 Å². The van der Waals surface area contributed by atoms with Crippen molar-refractivity contribution in [3.8, 4) is 11.4 Å². The highest BCUT2D eigenvalue weighted by Gasteiger charge is 2.26. The maximum Gasteiger partial charge on any atom is 0.409 e. The number of benzene rings is 2. The fourth-order valence-electron chi connectivity index (χ4n) is 5.35. The Bertz CT molecular complexity index is 1410. The van der Waals surface area contributed by atoms with E-state index in [0.29, 0.717) is 24.7 Å². The Kier molecular flexibility index (Phi) is 6.89. The molecule has 1 amide bonds. The zero-order valence-electron chi connectivity index (χ0n) is 21.2. The molecule has 0 saturated carbocycles. The smallest absolute Gasteiger partial charge is 0.409 e. The van der Waals surface area contributed by atoms with Gasteiger partial charge in [-0.2, -0.15) is 5.10 Å². The number of piperidine rings is 1. The number of carbonyl (C=O) groups is 1. The van der Waals surface area contributed by atoms with E-state index in [9.17, 15) is 4.79 Å². The van der Waals surface area contributed by atoms with Gasteiger partial charge in [0.15, 0.2) is 11.5 Å². The van der Waals surface area contributed by atoms with Crippen LogP contribution >= 0.6 is 0 Å². The molecule has 2 N–H and O–H groups in total. The summed E-state index contributed by atoms with van der Waals surface area (Å²) in [5, 5.41) is 17.3. The number of nitrogens with zero attached hydrogens (tertiary/aromatic N) is 6. The molecule has 0 aliphatic carbocycles. The van der Waals surface area contributed by atoms with Crippen LogP contribution in [0.1, 0.15) is 24.4 Å². The molecule has 2 fully saturated rings. The van der Waals surface area contributed by atoms with E-state index >= 15 is 0 Å². The van der Waals surface area contributed by atoms with E-state index in [2.05, 4.69) is 50.1 Å². The molecular weight excluding hydrogens is 482 g/mol. The van der Waals surface area contributed by atoms with E-state index in [-0.39, 0.29) is 6.04 Å². The van der Waals surface area contributed by atoms with Crippen molar-refractivity contribution in [3.05, 3.63) is 66.4 Å². The number of likely N-dealkylation sites (tertiary alicyclic amines) is 1. The summed E-state index contributed by atoms with van der Waals surface area (Å²) in [4.78, 5) is 25.9. The summed E-state index contributed by atoms with van der Waals surface area (Å²) in [5.41, 5.74) is 3.38. The Morgan fingerprint density at radius 3 is 2.55 bits per heavy atom. The van der Waals surface area contributed by atoms with Crippen molar-refractivity contribution in [2.45, 2.75) is 25.4 Å². The van der Waals surface area contributed by atoms with E-state index in [1.165, 1.54) is 5.56 Å². The minimum atomic E-state index is -1.11. The predicted octanol–water partition coefficient (Wildman–Crippen LogP) is 4.26. The Labute approximate surface area is 220 Å². The first-order valence-corrected chi connectivity index (χ1v) is 13.1. The molecule has 38 heavy (non-hydrogen) atoms. The lowest BCUT2D eigenvalue weighted by molar-refractivity contribution is 0.122. The van der Waals surface area contributed by atoms with Crippen LogP contribution in [0.25, 0.3) is 22.4 Å². The van der Waals surface area contributed by atoms with Gasteiger partial charge >= 0.3 is 6.09 Å². The van der Waals surface area contributed by atoms with Crippen LogP contribution in [-0.4, -0.2) is 75.2 Å². The third kappa shape index (κ3) is 5.18. The maximum absolute atomic E-state index is 11.2. The van der Waals surface area contributed by atoms with E-state index in [4.69, 9.17) is 24.9 Å². The number of hydrogen-bond donors (Lipinski definition) is 2. The van der Waals surface area contributed by atoms with Crippen molar-refractivity contribution in [1.82, 2.24) is 24.6 Å². The lowest BCUT2D eigenvalue weighted by Crippen LogP contribution is -2.37. The summed E-state index contributed by atoms with van der Waals surface area (Å²) >= 11 is 0. The number of rotatable bonds is 6. The molecule has 2 aliphatic rings. The molecule has 10 heteroatoms. The standard InChI is InChI=1S/C28H31N7O3/c36-28(37)30-22-8-4-7-21(17-22)25-31-26(34-13-15-38-16-14-34)24-18-29-35(27(24)32-25)23-9-11-33(12-10-23)19-20-5-2-1-3-6-20/h1-8,17-18,23,30H,9-16,19H2,(H,36,37). The first-order chi connectivity index (χ1) is 18.6. The minimum Gasteiger partial charge on any atom is -0.465 e. The highest BCUT2D eigenvalue weighted by atomic mass is 16.5. The van der Waals surface area contributed by atoms with Gasteiger partial charge in [0.1, 0.15) is 5.82 Å². The van der Waals surface area contributed by atoms with Crippen molar-refractivity contribution in [1.29, 1.82) is 0 Å². The molecule has 4 aromatic rings. The zero-order valence-corrected chi connectivity index (χ0v) is 21.2. The van der Waals surface area contributed by atoms with E-state index < -0.39 is 6.09 Å². The minimum absolute atomic E-state index is 0.250. The molecule has 2 aromatic heterocycles. The maximum atomic E-state index is 11.2. The average molecular weight is 514 g/mol. The molecular formula is C28H31N7O3. The number of anilines is 2. The van der Waals surface area contributed by atoms with Crippen molar-refractivity contribution in [2.24, 2.45) is 0 Å². The molecule has 0 spiro atoms. The molecule has 2 saturated heterocycles. The topological polar surface area (TPSA) is 109 Å². The summed E-state index contributed by atoms with van der Waals surface area (Å²) in [6.07, 6.45) is 2.77. The Morgan fingerprint density at radius 2 is 1.79 bits per heavy atom. The van der Waals surface area contributed by atoms with Gasteiger partial charge in [0.05, 0.1) is 30.8 Å². The SMILES string of the molecule is O=C(O)Nc1cccc(-c2nc(N3CCOCC3)c3cnn(C4CCN(Cc5ccccc5)CC4)c3n2)c1. The monoisotopic (exact) mass is 513 g/mol. The molecule has 0 unspecified atom stereocenters. The molecule has 2 aliphatic heterocycles. The van der Waals surface area contributed by atoms with Gasteiger partial charge in [-0.1, -0.05) is 42.5 Å². The third-order valence-electron chi connectivity index (χ3n) is 7.27. The number of ether oxygens (including phenoxy) is 1. The molecule has 10 nitrogen and oxygen atoms in total. The van der Waals surface area contributed by atoms with Gasteiger partial charge in [-0.15, -0.1) is 0 Å². The van der Waals surface area contributed by atoms with Crippen molar-refractivity contribution < 1.29 is 14.6 Å². The molecule has 2 aromatic carbocycles. The highest BCUT2D eigenvalue weighted by Crippen LogP contribution is 2.32. The highest BCUT2D eigenvalue weighted by molar-refractivity contribution is 5.89. The van der Waals surface area contributed by atoms with Crippen molar-refractivity contribution in [2.75, 3.05) is 49.6 Å². The lowest BCUT2D eigenvalue weighted by atomic mass is 10.0. The quantitative estimate of drug-likeness (QED) is 0.394. The Hall–Kier alpha value is -4.02. The van der Waals surface area contributed by atoms with Gasteiger partial charge in [-0.25, -0.2) is 19.4 Å². The molecule has 4 heterocycles. The fraction of sp³-hybridized carbons (Fsp3) is 0.357. The summed E-state index contributed by atoms with van der Waals surface area (Å²) < 4.78 is 7.65. The summed E-state index contributed by atoms with van der Waals surface area (Å²) in [6.45, 7) is 5.74. The van der Waals surface area contributed by atoms with Crippen molar-refractivity contribution >= 4 is 28.6 Å². The molecule has 6 rings (SSSR count). The van der Waals surface area contributed by atoms with Gasteiger partial charge < -0.3 is 14.7 Å². The average Bonchev–Trinajstić information content (AvgIpc) is 3.38. The number of fused-ring (bicyclic) bond motifs is 1. The first-order valence-electron chi connectivity index (χ1n) is 13.1. The second-order valence-electron chi connectivity index (χ2n) is 9.80. The summed E-state index contributed by atoms with van der Waals surface area (Å²) in [5.74, 6) is 1.40. The molecule has 196 valence electrons. The van der Waals surface area contributed by atoms with Crippen LogP contribution in [0.5, 0.6) is 0 Å². The van der Waals surface area contributed by atoms with E-state index in [1.54, 1.807) is 12.1 Å². The molecule has 0 bridgehead atoms. The number of hydrogen-bond acceptors (Lipinski definition) is 7. The Morgan fingerprint density at radius 1 is 1.00 bits per heavy atom. The normalized spacial score (nSPS) is 17.1. The lowest BCUT2D eigenvalue weighted by Gasteiger charge is -2.32. The number of morpholine rings is 1. The van der Waals surface area contributed by atoms with Crippen LogP contribution in [0.4, 0.5) is 16.3 Å². The first kappa shape index (κ1) is 24.3. The van der Waals surface area contributed by atoms with Crippen molar-refractivity contribution in [3.63, 3.8) is 0 Å². The second kappa shape index (κ2) is 10.8. The van der Waals surface area contributed by atoms with E-state index in [1.807, 2.05) is 18.3 Å². The number of carboxylic acid groups (broad SMARTS) is 1. The van der Waals surface area contributed by atoms with Crippen LogP contribution in [0.15, 0.2) is 60.8 Å². The number of nitrogens with one attached hydrogen (secondary N) is 1.